The van der Waals surface area contributed by atoms with Crippen LogP contribution < -0.4 is 19.5 Å². The average Bonchev–Trinajstić information content (AvgIpc) is 3.26. The monoisotopic (exact) mass is 484 g/mol. The summed E-state index contributed by atoms with van der Waals surface area (Å²) in [5.41, 5.74) is 2.25. The van der Waals surface area contributed by atoms with Crippen LogP contribution in [0.5, 0.6) is 17.2 Å². The molecule has 1 amide bonds. The van der Waals surface area contributed by atoms with Gasteiger partial charge in [0.05, 0.1) is 25.3 Å². The quantitative estimate of drug-likeness (QED) is 0.377. The fourth-order valence-electron chi connectivity index (χ4n) is 2.95. The summed E-state index contributed by atoms with van der Waals surface area (Å²) in [5, 5.41) is 5.22. The van der Waals surface area contributed by atoms with Crippen LogP contribution in [0.25, 0.3) is 0 Å². The number of carbonyl (C=O) groups excluding carboxylic acids is 2. The molecule has 0 bridgehead atoms. The summed E-state index contributed by atoms with van der Waals surface area (Å²) in [6.07, 6.45) is -0.0220. The van der Waals surface area contributed by atoms with E-state index in [1.807, 2.05) is 45.0 Å². The van der Waals surface area contributed by atoms with Crippen LogP contribution in [0, 0.1) is 6.92 Å². The van der Waals surface area contributed by atoms with Gasteiger partial charge in [-0.15, -0.1) is 11.3 Å². The normalized spacial score (nSPS) is 10.4. The Balaban J connectivity index is 1.43. The second-order valence-corrected chi connectivity index (χ2v) is 8.19. The third kappa shape index (κ3) is 7.77. The Morgan fingerprint density at radius 1 is 0.971 bits per heavy atom. The van der Waals surface area contributed by atoms with Gasteiger partial charge in [-0.05, 0) is 45.0 Å². The van der Waals surface area contributed by atoms with E-state index in [1.54, 1.807) is 23.6 Å². The summed E-state index contributed by atoms with van der Waals surface area (Å²) >= 11 is 1.40. The van der Waals surface area contributed by atoms with Crippen molar-refractivity contribution in [3.63, 3.8) is 0 Å². The number of esters is 1. The highest BCUT2D eigenvalue weighted by molar-refractivity contribution is 7.09. The molecule has 0 aliphatic rings. The lowest BCUT2D eigenvalue weighted by molar-refractivity contribution is -0.146. The van der Waals surface area contributed by atoms with Gasteiger partial charge in [0, 0.05) is 17.1 Å². The fraction of sp³-hybridized carbons (Fsp3) is 0.320. The van der Waals surface area contributed by atoms with E-state index < -0.39 is 18.5 Å². The third-order valence-corrected chi connectivity index (χ3v) is 5.37. The smallest absolute Gasteiger partial charge is 0.312 e. The highest BCUT2D eigenvalue weighted by Crippen LogP contribution is 2.30. The number of ether oxygens (including phenoxy) is 4. The number of hydrogen-bond donors (Lipinski definition) is 1. The van der Waals surface area contributed by atoms with Gasteiger partial charge < -0.3 is 24.3 Å². The van der Waals surface area contributed by atoms with E-state index in [0.717, 1.165) is 16.3 Å². The Morgan fingerprint density at radius 2 is 1.71 bits per heavy atom. The maximum Gasteiger partial charge on any atom is 0.312 e. The zero-order valence-electron chi connectivity index (χ0n) is 19.5. The standard InChI is InChI=1S/C25H28N2O6S/c1-4-30-21-11-8-18(12-22(21)31-5-2)26-23(28)14-33-25(29)13-19-16-34-24(27-19)15-32-20-9-6-17(3)7-10-20/h6-12,16H,4-5,13-15H2,1-3H3,(H,26,28). The van der Waals surface area contributed by atoms with Gasteiger partial charge in [0.25, 0.3) is 5.91 Å². The average molecular weight is 485 g/mol. The van der Waals surface area contributed by atoms with E-state index in [-0.39, 0.29) is 6.42 Å². The number of hydrogen-bond acceptors (Lipinski definition) is 8. The molecule has 1 heterocycles. The van der Waals surface area contributed by atoms with Crippen molar-refractivity contribution in [2.75, 3.05) is 25.1 Å². The van der Waals surface area contributed by atoms with Crippen molar-refractivity contribution in [2.24, 2.45) is 0 Å². The molecule has 2 aromatic carbocycles. The number of anilines is 1. The lowest BCUT2D eigenvalue weighted by Crippen LogP contribution is -2.21. The van der Waals surface area contributed by atoms with Crippen LogP contribution in [0.1, 0.15) is 30.1 Å². The molecule has 1 N–H and O–H groups in total. The first-order chi connectivity index (χ1) is 16.5. The second-order valence-electron chi connectivity index (χ2n) is 7.25. The van der Waals surface area contributed by atoms with Gasteiger partial charge in [0.15, 0.2) is 18.1 Å². The lowest BCUT2D eigenvalue weighted by atomic mass is 10.2. The molecule has 34 heavy (non-hydrogen) atoms. The first-order valence-electron chi connectivity index (χ1n) is 10.9. The molecular weight excluding hydrogens is 456 g/mol. The Kier molecular flexibility index (Phi) is 9.28. The van der Waals surface area contributed by atoms with Crippen molar-refractivity contribution in [3.8, 4) is 17.2 Å². The molecule has 0 saturated heterocycles. The molecule has 0 atom stereocenters. The van der Waals surface area contributed by atoms with Crippen molar-refractivity contribution < 1.29 is 28.5 Å². The van der Waals surface area contributed by atoms with Gasteiger partial charge in [-0.25, -0.2) is 4.98 Å². The van der Waals surface area contributed by atoms with E-state index in [2.05, 4.69) is 10.3 Å². The number of rotatable bonds is 12. The number of benzene rings is 2. The molecule has 0 spiro atoms. The fourth-order valence-corrected chi connectivity index (χ4v) is 3.65. The second kappa shape index (κ2) is 12.6. The summed E-state index contributed by atoms with van der Waals surface area (Å²) < 4.78 is 21.9. The summed E-state index contributed by atoms with van der Waals surface area (Å²) in [6.45, 7) is 6.64. The Hall–Kier alpha value is -3.59. The number of nitrogens with one attached hydrogen (secondary N) is 1. The number of aromatic nitrogens is 1. The highest BCUT2D eigenvalue weighted by atomic mass is 32.1. The van der Waals surface area contributed by atoms with Crippen LogP contribution in [0.4, 0.5) is 5.69 Å². The maximum absolute atomic E-state index is 12.2. The molecule has 3 aromatic rings. The molecule has 0 saturated carbocycles. The predicted molar refractivity (Wildman–Crippen MR) is 130 cm³/mol. The van der Waals surface area contributed by atoms with Gasteiger partial charge in [0.1, 0.15) is 17.4 Å². The molecule has 180 valence electrons. The zero-order valence-corrected chi connectivity index (χ0v) is 20.3. The van der Waals surface area contributed by atoms with Crippen molar-refractivity contribution in [1.82, 2.24) is 4.98 Å². The van der Waals surface area contributed by atoms with E-state index in [9.17, 15) is 9.59 Å². The number of thiazole rings is 1. The van der Waals surface area contributed by atoms with Crippen molar-refractivity contribution >= 4 is 28.9 Å². The van der Waals surface area contributed by atoms with Crippen molar-refractivity contribution in [3.05, 3.63) is 64.1 Å². The van der Waals surface area contributed by atoms with E-state index in [4.69, 9.17) is 18.9 Å². The number of carbonyl (C=O) groups is 2. The van der Waals surface area contributed by atoms with E-state index in [1.165, 1.54) is 11.3 Å². The van der Waals surface area contributed by atoms with Crippen LogP contribution in [0.2, 0.25) is 0 Å². The van der Waals surface area contributed by atoms with Crippen molar-refractivity contribution in [2.45, 2.75) is 33.8 Å². The van der Waals surface area contributed by atoms with Crippen molar-refractivity contribution in [1.29, 1.82) is 0 Å². The van der Waals surface area contributed by atoms with Gasteiger partial charge >= 0.3 is 5.97 Å². The molecule has 8 nitrogen and oxygen atoms in total. The largest absolute Gasteiger partial charge is 0.490 e. The van der Waals surface area contributed by atoms with Gasteiger partial charge in [-0.3, -0.25) is 9.59 Å². The van der Waals surface area contributed by atoms with Gasteiger partial charge in [-0.1, -0.05) is 17.7 Å². The number of aryl methyl sites for hydroxylation is 1. The first kappa shape index (κ1) is 25.0. The number of amides is 1. The minimum Gasteiger partial charge on any atom is -0.490 e. The maximum atomic E-state index is 12.2. The highest BCUT2D eigenvalue weighted by Gasteiger charge is 2.13. The molecule has 9 heteroatoms. The molecule has 0 radical (unpaired) electrons. The van der Waals surface area contributed by atoms with Gasteiger partial charge in [0.2, 0.25) is 0 Å². The van der Waals surface area contributed by atoms with Crippen LogP contribution in [0.15, 0.2) is 47.8 Å². The molecule has 1 aromatic heterocycles. The molecule has 0 fully saturated rings. The lowest BCUT2D eigenvalue weighted by Gasteiger charge is -2.13. The summed E-state index contributed by atoms with van der Waals surface area (Å²) in [6, 6.07) is 12.8. The molecule has 0 aliphatic heterocycles. The summed E-state index contributed by atoms with van der Waals surface area (Å²) in [7, 11) is 0. The van der Waals surface area contributed by atoms with E-state index >= 15 is 0 Å². The Bertz CT molecular complexity index is 1100. The topological polar surface area (TPSA) is 96.0 Å². The van der Waals surface area contributed by atoms with Crippen LogP contribution in [-0.2, 0) is 27.4 Å². The van der Waals surface area contributed by atoms with Crippen LogP contribution in [-0.4, -0.2) is 36.7 Å². The Labute approximate surface area is 202 Å². The molecule has 3 rings (SSSR count). The summed E-state index contributed by atoms with van der Waals surface area (Å²) in [4.78, 5) is 28.7. The first-order valence-corrected chi connectivity index (χ1v) is 11.8. The number of nitrogens with zero attached hydrogens (tertiary/aromatic N) is 1. The Morgan fingerprint density at radius 3 is 2.44 bits per heavy atom. The van der Waals surface area contributed by atoms with Crippen LogP contribution in [0.3, 0.4) is 0 Å². The SMILES string of the molecule is CCOc1ccc(NC(=O)COC(=O)Cc2csc(COc3ccc(C)cc3)n2)cc1OCC. The molecule has 0 aliphatic carbocycles. The molecular formula is C25H28N2O6S. The zero-order chi connectivity index (χ0) is 24.3. The minimum atomic E-state index is -0.534. The van der Waals surface area contributed by atoms with E-state index in [0.29, 0.717) is 42.7 Å². The minimum absolute atomic E-state index is 0.0220. The predicted octanol–water partition coefficient (Wildman–Crippen LogP) is 4.55. The summed E-state index contributed by atoms with van der Waals surface area (Å²) in [5.74, 6) is 0.901. The third-order valence-electron chi connectivity index (χ3n) is 4.50. The van der Waals surface area contributed by atoms with Gasteiger partial charge in [-0.2, -0.15) is 0 Å². The molecule has 0 unspecified atom stereocenters. The van der Waals surface area contributed by atoms with Crippen LogP contribution >= 0.6 is 11.3 Å².